The molecule has 20 heavy (non-hydrogen) atoms. The van der Waals surface area contributed by atoms with Gasteiger partial charge in [0, 0.05) is 36.7 Å². The molecular formula is C14H19N3O2S. The number of nitrogens with one attached hydrogen (secondary N) is 2. The lowest BCUT2D eigenvalue weighted by atomic mass is 9.92. The van der Waals surface area contributed by atoms with Crippen molar-refractivity contribution in [2.24, 2.45) is 0 Å². The molecule has 1 aliphatic carbocycles. The average molecular weight is 293 g/mol. The molecule has 6 heteroatoms. The van der Waals surface area contributed by atoms with E-state index in [1.165, 1.54) is 20.9 Å². The minimum absolute atomic E-state index is 0.0332. The molecule has 1 aromatic heterocycles. The van der Waals surface area contributed by atoms with Gasteiger partial charge in [-0.05, 0) is 30.9 Å². The van der Waals surface area contributed by atoms with E-state index in [4.69, 9.17) is 0 Å². The molecule has 0 amide bonds. The summed E-state index contributed by atoms with van der Waals surface area (Å²) in [6.45, 7) is 0. The number of aryl methyl sites for hydroxylation is 1. The fourth-order valence-corrected chi connectivity index (χ4v) is 3.62. The summed E-state index contributed by atoms with van der Waals surface area (Å²) in [6.07, 6.45) is 2.45. The fraction of sp³-hybridized carbons (Fsp3) is 0.429. The van der Waals surface area contributed by atoms with Gasteiger partial charge in [0.2, 0.25) is 0 Å². The third-order valence-corrected chi connectivity index (χ3v) is 5.48. The molecular weight excluding hydrogens is 274 g/mol. The molecule has 1 heterocycles. The molecule has 0 aliphatic heterocycles. The first-order valence-electron chi connectivity index (χ1n) is 6.75. The maximum absolute atomic E-state index is 11.9. The molecule has 1 atom stereocenters. The minimum atomic E-state index is -3.36. The monoisotopic (exact) mass is 293 g/mol. The molecule has 1 aromatic carbocycles. The van der Waals surface area contributed by atoms with Gasteiger partial charge in [-0.15, -0.1) is 0 Å². The van der Waals surface area contributed by atoms with E-state index in [-0.39, 0.29) is 6.04 Å². The third kappa shape index (κ3) is 2.34. The van der Waals surface area contributed by atoms with Crippen molar-refractivity contribution in [2.45, 2.75) is 25.3 Å². The van der Waals surface area contributed by atoms with E-state index in [1.807, 2.05) is 12.1 Å². The summed E-state index contributed by atoms with van der Waals surface area (Å²) in [6, 6.07) is 8.15. The number of para-hydroxylation sites is 1. The van der Waals surface area contributed by atoms with Crippen molar-refractivity contribution in [3.05, 3.63) is 35.5 Å². The lowest BCUT2D eigenvalue weighted by Crippen LogP contribution is -2.44. The molecule has 0 fully saturated rings. The highest BCUT2D eigenvalue weighted by atomic mass is 32.2. The molecule has 0 bridgehead atoms. The van der Waals surface area contributed by atoms with Crippen LogP contribution in [0.3, 0.4) is 0 Å². The number of hydrogen-bond donors (Lipinski definition) is 2. The second-order valence-electron chi connectivity index (χ2n) is 5.47. The maximum Gasteiger partial charge on any atom is 0.279 e. The smallest absolute Gasteiger partial charge is 0.279 e. The van der Waals surface area contributed by atoms with Crippen LogP contribution in [0.25, 0.3) is 10.9 Å². The van der Waals surface area contributed by atoms with E-state index in [0.717, 1.165) is 24.8 Å². The summed E-state index contributed by atoms with van der Waals surface area (Å²) in [5.74, 6) is 0. The highest BCUT2D eigenvalue weighted by Crippen LogP contribution is 2.29. The summed E-state index contributed by atoms with van der Waals surface area (Å²) in [4.78, 5) is 3.43. The highest BCUT2D eigenvalue weighted by Gasteiger charge is 2.26. The predicted molar refractivity (Wildman–Crippen MR) is 79.9 cm³/mol. The van der Waals surface area contributed by atoms with E-state index in [2.05, 4.69) is 21.8 Å². The van der Waals surface area contributed by atoms with Gasteiger partial charge < -0.3 is 4.98 Å². The number of benzene rings is 1. The van der Waals surface area contributed by atoms with Gasteiger partial charge in [0.05, 0.1) is 0 Å². The Hall–Kier alpha value is -1.37. The van der Waals surface area contributed by atoms with Crippen LogP contribution in [0, 0.1) is 0 Å². The highest BCUT2D eigenvalue weighted by molar-refractivity contribution is 7.87. The van der Waals surface area contributed by atoms with Crippen LogP contribution in [0.2, 0.25) is 0 Å². The van der Waals surface area contributed by atoms with E-state index >= 15 is 0 Å². The van der Waals surface area contributed by atoms with Gasteiger partial charge in [0.25, 0.3) is 10.2 Å². The SMILES string of the molecule is CN(C)S(=O)(=O)NC1CCc2[nH]c3ccccc3c2C1. The van der Waals surface area contributed by atoms with Crippen LogP contribution in [0.4, 0.5) is 0 Å². The van der Waals surface area contributed by atoms with Crippen molar-refractivity contribution in [2.75, 3.05) is 14.1 Å². The zero-order chi connectivity index (χ0) is 14.3. The summed E-state index contributed by atoms with van der Waals surface area (Å²) in [7, 11) is -0.276. The third-order valence-electron chi connectivity index (χ3n) is 3.89. The Morgan fingerprint density at radius 3 is 2.80 bits per heavy atom. The maximum atomic E-state index is 11.9. The zero-order valence-corrected chi connectivity index (χ0v) is 12.5. The number of nitrogens with zero attached hydrogens (tertiary/aromatic N) is 1. The molecule has 1 aliphatic rings. The lowest BCUT2D eigenvalue weighted by Gasteiger charge is -2.25. The normalized spacial score (nSPS) is 19.4. The predicted octanol–water partition coefficient (Wildman–Crippen LogP) is 1.42. The molecule has 3 rings (SSSR count). The molecule has 5 nitrogen and oxygen atoms in total. The van der Waals surface area contributed by atoms with Gasteiger partial charge in [0.15, 0.2) is 0 Å². The lowest BCUT2D eigenvalue weighted by molar-refractivity contribution is 0.465. The van der Waals surface area contributed by atoms with Gasteiger partial charge >= 0.3 is 0 Å². The van der Waals surface area contributed by atoms with Crippen molar-refractivity contribution >= 4 is 21.1 Å². The Kier molecular flexibility index (Phi) is 3.32. The first-order valence-corrected chi connectivity index (χ1v) is 8.19. The molecule has 2 aromatic rings. The van der Waals surface area contributed by atoms with E-state index < -0.39 is 10.2 Å². The molecule has 2 N–H and O–H groups in total. The van der Waals surface area contributed by atoms with Crippen LogP contribution in [0.15, 0.2) is 24.3 Å². The Morgan fingerprint density at radius 1 is 1.30 bits per heavy atom. The number of H-pyrrole nitrogens is 1. The first-order chi connectivity index (χ1) is 9.47. The topological polar surface area (TPSA) is 65.2 Å². The Morgan fingerprint density at radius 2 is 2.05 bits per heavy atom. The standard InChI is InChI=1S/C14H19N3O2S/c1-17(2)20(18,19)16-10-7-8-14-12(9-10)11-5-3-4-6-13(11)15-14/h3-6,10,15-16H,7-9H2,1-2H3. The number of hydrogen-bond acceptors (Lipinski definition) is 2. The number of fused-ring (bicyclic) bond motifs is 3. The van der Waals surface area contributed by atoms with E-state index in [1.54, 1.807) is 14.1 Å². The second-order valence-corrected chi connectivity index (χ2v) is 7.39. The molecule has 0 spiro atoms. The number of rotatable bonds is 3. The van der Waals surface area contributed by atoms with Crippen LogP contribution in [-0.4, -0.2) is 37.8 Å². The van der Waals surface area contributed by atoms with Crippen molar-refractivity contribution in [3.8, 4) is 0 Å². The van der Waals surface area contributed by atoms with Crippen molar-refractivity contribution in [1.82, 2.24) is 14.0 Å². The number of aromatic nitrogens is 1. The Bertz CT molecular complexity index is 734. The van der Waals surface area contributed by atoms with Crippen molar-refractivity contribution in [3.63, 3.8) is 0 Å². The van der Waals surface area contributed by atoms with Crippen molar-refractivity contribution in [1.29, 1.82) is 0 Å². The fourth-order valence-electron chi connectivity index (χ4n) is 2.79. The van der Waals surface area contributed by atoms with Gasteiger partial charge in [0.1, 0.15) is 0 Å². The molecule has 0 saturated heterocycles. The van der Waals surface area contributed by atoms with Crippen molar-refractivity contribution < 1.29 is 8.42 Å². The first kappa shape index (κ1) is 13.6. The largest absolute Gasteiger partial charge is 0.358 e. The van der Waals surface area contributed by atoms with Crippen LogP contribution < -0.4 is 4.72 Å². The van der Waals surface area contributed by atoms with Crippen LogP contribution in [0.5, 0.6) is 0 Å². The van der Waals surface area contributed by atoms with Gasteiger partial charge in [-0.2, -0.15) is 17.4 Å². The van der Waals surface area contributed by atoms with Gasteiger partial charge in [-0.3, -0.25) is 0 Å². The second kappa shape index (κ2) is 4.87. The van der Waals surface area contributed by atoms with Gasteiger partial charge in [-0.1, -0.05) is 18.2 Å². The van der Waals surface area contributed by atoms with Crippen LogP contribution in [-0.2, 0) is 23.1 Å². The van der Waals surface area contributed by atoms with E-state index in [9.17, 15) is 8.42 Å². The Balaban J connectivity index is 1.88. The quantitative estimate of drug-likeness (QED) is 0.899. The number of aromatic amines is 1. The van der Waals surface area contributed by atoms with Gasteiger partial charge in [-0.25, -0.2) is 0 Å². The zero-order valence-electron chi connectivity index (χ0n) is 11.7. The average Bonchev–Trinajstić information content (AvgIpc) is 2.76. The summed E-state index contributed by atoms with van der Waals surface area (Å²) in [5.41, 5.74) is 3.62. The summed E-state index contributed by atoms with van der Waals surface area (Å²) in [5, 5.41) is 1.20. The molecule has 0 saturated carbocycles. The molecule has 0 radical (unpaired) electrons. The van der Waals surface area contributed by atoms with E-state index in [0.29, 0.717) is 0 Å². The summed E-state index contributed by atoms with van der Waals surface area (Å²) < 4.78 is 27.8. The molecule has 1 unspecified atom stereocenters. The van der Waals surface area contributed by atoms with Crippen LogP contribution in [0.1, 0.15) is 17.7 Å². The Labute approximate surface area is 119 Å². The minimum Gasteiger partial charge on any atom is -0.358 e. The molecule has 108 valence electrons. The summed E-state index contributed by atoms with van der Waals surface area (Å²) >= 11 is 0. The van der Waals surface area contributed by atoms with Crippen LogP contribution >= 0.6 is 0 Å².